The van der Waals surface area contributed by atoms with Gasteiger partial charge in [0.05, 0.1) is 0 Å². The number of rotatable bonds is 5. The summed E-state index contributed by atoms with van der Waals surface area (Å²) in [5.41, 5.74) is 1.18. The molecule has 0 N–H and O–H groups in total. The van der Waals surface area contributed by atoms with Crippen molar-refractivity contribution >= 4 is 17.6 Å². The number of aliphatic carboxylic acids is 1. The molecule has 5 heteroatoms. The molecule has 2 rings (SSSR count). The average Bonchev–Trinajstić information content (AvgIpc) is 2.47. The first-order valence-electron chi connectivity index (χ1n) is 7.34. The molecule has 1 aromatic carbocycles. The molecule has 114 valence electrons. The predicted molar refractivity (Wildman–Crippen MR) is 78.6 cm³/mol. The van der Waals surface area contributed by atoms with Crippen LogP contribution in [-0.2, 0) is 9.59 Å². The first kappa shape index (κ1) is 15.4. The molecule has 0 aliphatic carbocycles. The number of carboxylic acid groups (broad SMARTS) is 1. The molecule has 0 aromatic heterocycles. The van der Waals surface area contributed by atoms with Crippen molar-refractivity contribution in [3.63, 3.8) is 0 Å². The number of para-hydroxylation sites is 1. The minimum atomic E-state index is -1.09. The van der Waals surface area contributed by atoms with Crippen LogP contribution >= 0.6 is 0 Å². The molecular formula is C16H21N2O3-. The zero-order valence-corrected chi connectivity index (χ0v) is 12.3. The molecule has 1 aliphatic rings. The summed E-state index contributed by atoms with van der Waals surface area (Å²) in [6.45, 7) is 4.76. The maximum atomic E-state index is 12.1. The van der Waals surface area contributed by atoms with Crippen LogP contribution in [0, 0.1) is 5.92 Å². The average molecular weight is 289 g/mol. The molecule has 0 bridgehead atoms. The quantitative estimate of drug-likeness (QED) is 0.792. The number of carboxylic acids is 1. The van der Waals surface area contributed by atoms with E-state index in [0.717, 1.165) is 13.1 Å². The molecule has 1 heterocycles. The number of carbonyl (C=O) groups is 2. The molecule has 1 amide bonds. The molecule has 0 unspecified atom stereocenters. The molecule has 1 atom stereocenters. The number of hydrogen-bond acceptors (Lipinski definition) is 4. The van der Waals surface area contributed by atoms with Crippen LogP contribution in [0.5, 0.6) is 0 Å². The summed E-state index contributed by atoms with van der Waals surface area (Å²) in [5.74, 6) is -1.23. The largest absolute Gasteiger partial charge is 0.550 e. The lowest BCUT2D eigenvalue weighted by atomic mass is 10.0. The van der Waals surface area contributed by atoms with Gasteiger partial charge in [0.2, 0.25) is 5.91 Å². The zero-order valence-electron chi connectivity index (χ0n) is 12.3. The van der Waals surface area contributed by atoms with Crippen molar-refractivity contribution < 1.29 is 14.7 Å². The van der Waals surface area contributed by atoms with Gasteiger partial charge in [0.1, 0.15) is 0 Å². The lowest BCUT2D eigenvalue weighted by Gasteiger charge is -2.36. The van der Waals surface area contributed by atoms with Crippen LogP contribution in [0.2, 0.25) is 0 Å². The van der Waals surface area contributed by atoms with Gasteiger partial charge in [-0.2, -0.15) is 0 Å². The van der Waals surface area contributed by atoms with Crippen LogP contribution < -0.4 is 10.0 Å². The van der Waals surface area contributed by atoms with Gasteiger partial charge in [-0.25, -0.2) is 0 Å². The summed E-state index contributed by atoms with van der Waals surface area (Å²) in [7, 11) is 0. The van der Waals surface area contributed by atoms with Gasteiger partial charge in [-0.15, -0.1) is 0 Å². The van der Waals surface area contributed by atoms with Gasteiger partial charge >= 0.3 is 0 Å². The van der Waals surface area contributed by atoms with Gasteiger partial charge in [0, 0.05) is 44.3 Å². The Kier molecular flexibility index (Phi) is 5.20. The lowest BCUT2D eigenvalue weighted by molar-refractivity contribution is -0.306. The number of carbonyl (C=O) groups excluding carboxylic acids is 2. The zero-order chi connectivity index (χ0) is 15.2. The van der Waals surface area contributed by atoms with E-state index in [4.69, 9.17) is 0 Å². The third kappa shape index (κ3) is 4.48. The van der Waals surface area contributed by atoms with E-state index < -0.39 is 5.97 Å². The highest BCUT2D eigenvalue weighted by Crippen LogP contribution is 2.17. The number of benzene rings is 1. The van der Waals surface area contributed by atoms with Crippen molar-refractivity contribution in [1.82, 2.24) is 4.90 Å². The summed E-state index contributed by atoms with van der Waals surface area (Å²) >= 11 is 0. The summed E-state index contributed by atoms with van der Waals surface area (Å²) in [6.07, 6.45) is 0.217. The second-order valence-corrected chi connectivity index (χ2v) is 5.59. The molecule has 1 aromatic rings. The predicted octanol–water partition coefficient (Wildman–Crippen LogP) is 0.501. The van der Waals surface area contributed by atoms with E-state index in [-0.39, 0.29) is 24.7 Å². The Labute approximate surface area is 125 Å². The van der Waals surface area contributed by atoms with E-state index in [9.17, 15) is 14.7 Å². The van der Waals surface area contributed by atoms with Gasteiger partial charge in [0.25, 0.3) is 0 Å². The number of hydrogen-bond donors (Lipinski definition) is 0. The second kappa shape index (κ2) is 7.11. The van der Waals surface area contributed by atoms with Crippen LogP contribution in [0.4, 0.5) is 5.69 Å². The van der Waals surface area contributed by atoms with E-state index in [1.165, 1.54) is 5.69 Å². The minimum absolute atomic E-state index is 0.0384. The molecule has 0 radical (unpaired) electrons. The van der Waals surface area contributed by atoms with Crippen LogP contribution in [-0.4, -0.2) is 43.0 Å². The van der Waals surface area contributed by atoms with Crippen LogP contribution in [0.3, 0.4) is 0 Å². The van der Waals surface area contributed by atoms with E-state index in [1.54, 1.807) is 6.92 Å². The standard InChI is InChI=1S/C16H22N2O3/c1-13(12-16(20)21)11-15(19)18-9-7-17(8-10-18)14-5-3-2-4-6-14/h2-6,13H,7-12H2,1H3,(H,20,21)/p-1/t13-/m0/s1. The fraction of sp³-hybridized carbons (Fsp3) is 0.500. The van der Waals surface area contributed by atoms with Crippen molar-refractivity contribution in [2.24, 2.45) is 5.92 Å². The van der Waals surface area contributed by atoms with Crippen molar-refractivity contribution in [2.75, 3.05) is 31.1 Å². The first-order chi connectivity index (χ1) is 10.1. The van der Waals surface area contributed by atoms with Gasteiger partial charge in [0.15, 0.2) is 0 Å². The highest BCUT2D eigenvalue weighted by atomic mass is 16.4. The van der Waals surface area contributed by atoms with E-state index in [2.05, 4.69) is 17.0 Å². The Morgan fingerprint density at radius 3 is 2.29 bits per heavy atom. The molecule has 1 fully saturated rings. The monoisotopic (exact) mass is 289 g/mol. The third-order valence-corrected chi connectivity index (χ3v) is 3.79. The summed E-state index contributed by atoms with van der Waals surface area (Å²) < 4.78 is 0. The molecule has 5 nitrogen and oxygen atoms in total. The van der Waals surface area contributed by atoms with Gasteiger partial charge in [-0.3, -0.25) is 4.79 Å². The highest BCUT2D eigenvalue weighted by molar-refractivity contribution is 5.77. The fourth-order valence-corrected chi connectivity index (χ4v) is 2.64. The molecule has 1 saturated heterocycles. The summed E-state index contributed by atoms with van der Waals surface area (Å²) in [6, 6.07) is 10.1. The SMILES string of the molecule is C[C@H](CC(=O)[O-])CC(=O)N1CCN(c2ccccc2)CC1. The Morgan fingerprint density at radius 1 is 1.10 bits per heavy atom. The van der Waals surface area contributed by atoms with Crippen LogP contribution in [0.1, 0.15) is 19.8 Å². The van der Waals surface area contributed by atoms with Crippen LogP contribution in [0.15, 0.2) is 30.3 Å². The number of piperazine rings is 1. The smallest absolute Gasteiger partial charge is 0.222 e. The van der Waals surface area contributed by atoms with Crippen LogP contribution in [0.25, 0.3) is 0 Å². The fourth-order valence-electron chi connectivity index (χ4n) is 2.64. The van der Waals surface area contributed by atoms with E-state index in [0.29, 0.717) is 13.1 Å². The maximum absolute atomic E-state index is 12.1. The Hall–Kier alpha value is -2.04. The molecule has 0 spiro atoms. The second-order valence-electron chi connectivity index (χ2n) is 5.59. The molecular weight excluding hydrogens is 268 g/mol. The topological polar surface area (TPSA) is 63.7 Å². The number of nitrogens with zero attached hydrogens (tertiary/aromatic N) is 2. The van der Waals surface area contributed by atoms with Crippen molar-refractivity contribution in [2.45, 2.75) is 19.8 Å². The maximum Gasteiger partial charge on any atom is 0.222 e. The van der Waals surface area contributed by atoms with Crippen molar-refractivity contribution in [1.29, 1.82) is 0 Å². The summed E-state index contributed by atoms with van der Waals surface area (Å²) in [5, 5.41) is 10.5. The third-order valence-electron chi connectivity index (χ3n) is 3.79. The normalized spacial score (nSPS) is 16.6. The first-order valence-corrected chi connectivity index (χ1v) is 7.34. The van der Waals surface area contributed by atoms with Crippen molar-refractivity contribution in [3.8, 4) is 0 Å². The van der Waals surface area contributed by atoms with Gasteiger partial charge in [-0.1, -0.05) is 25.1 Å². The van der Waals surface area contributed by atoms with Crippen molar-refractivity contribution in [3.05, 3.63) is 30.3 Å². The minimum Gasteiger partial charge on any atom is -0.550 e. The highest BCUT2D eigenvalue weighted by Gasteiger charge is 2.22. The molecule has 0 saturated carbocycles. The lowest BCUT2D eigenvalue weighted by Crippen LogP contribution is -2.49. The number of anilines is 1. The molecule has 21 heavy (non-hydrogen) atoms. The molecule has 1 aliphatic heterocycles. The van der Waals surface area contributed by atoms with Gasteiger partial charge in [-0.05, 0) is 24.5 Å². The van der Waals surface area contributed by atoms with E-state index in [1.807, 2.05) is 23.1 Å². The van der Waals surface area contributed by atoms with Gasteiger partial charge < -0.3 is 19.7 Å². The summed E-state index contributed by atoms with van der Waals surface area (Å²) in [4.78, 5) is 26.7. The Bertz CT molecular complexity index is 482. The Morgan fingerprint density at radius 2 is 1.71 bits per heavy atom. The number of amides is 1. The van der Waals surface area contributed by atoms with E-state index >= 15 is 0 Å². The Balaban J connectivity index is 1.81.